The topological polar surface area (TPSA) is 71.9 Å². The van der Waals surface area contributed by atoms with Crippen LogP contribution in [-0.4, -0.2) is 53.0 Å². The number of thiazole rings is 1. The summed E-state index contributed by atoms with van der Waals surface area (Å²) >= 11 is 1.32. The molecule has 1 atom stereocenters. The lowest BCUT2D eigenvalue weighted by atomic mass is 9.90. The molecule has 3 heterocycles. The lowest BCUT2D eigenvalue weighted by Gasteiger charge is -2.39. The average Bonchev–Trinajstić information content (AvgIpc) is 3.21. The molecule has 6 nitrogen and oxygen atoms in total. The number of hydrogen-bond acceptors (Lipinski definition) is 6. The Morgan fingerprint density at radius 1 is 1.42 bits per heavy atom. The first kappa shape index (κ1) is 15.8. The van der Waals surface area contributed by atoms with Gasteiger partial charge in [0.05, 0.1) is 23.4 Å². The van der Waals surface area contributed by atoms with Crippen LogP contribution in [0.3, 0.4) is 0 Å². The van der Waals surface area contributed by atoms with Crippen molar-refractivity contribution in [3.05, 3.63) is 23.2 Å². The summed E-state index contributed by atoms with van der Waals surface area (Å²) in [5, 5.41) is 10.0. The zero-order valence-electron chi connectivity index (χ0n) is 13.5. The van der Waals surface area contributed by atoms with Crippen LogP contribution in [0.15, 0.2) is 18.2 Å². The third kappa shape index (κ3) is 2.76. The fourth-order valence-corrected chi connectivity index (χ4v) is 4.46. The van der Waals surface area contributed by atoms with Gasteiger partial charge in [0, 0.05) is 19.0 Å². The van der Waals surface area contributed by atoms with Gasteiger partial charge in [0.15, 0.2) is 10.8 Å². The predicted octanol–water partition coefficient (Wildman–Crippen LogP) is 2.62. The van der Waals surface area contributed by atoms with E-state index in [9.17, 15) is 9.90 Å². The molecule has 2 aliphatic rings. The van der Waals surface area contributed by atoms with Gasteiger partial charge in [0.1, 0.15) is 5.75 Å². The largest absolute Gasteiger partial charge is 0.508 e. The van der Waals surface area contributed by atoms with Gasteiger partial charge >= 0.3 is 0 Å². The fourth-order valence-electron chi connectivity index (χ4n) is 3.50. The molecule has 2 fully saturated rings. The number of hydrogen-bond donors (Lipinski definition) is 1. The van der Waals surface area contributed by atoms with Crippen LogP contribution >= 0.6 is 11.3 Å². The second kappa shape index (κ2) is 5.98. The minimum atomic E-state index is -0.585. The number of ether oxygens (including phenoxy) is 2. The van der Waals surface area contributed by atoms with Crippen molar-refractivity contribution in [3.8, 4) is 5.75 Å². The molecule has 2 saturated heterocycles. The maximum Gasteiger partial charge on any atom is 0.282 e. The minimum absolute atomic E-state index is 0.0537. The first-order valence-electron chi connectivity index (χ1n) is 8.22. The van der Waals surface area contributed by atoms with Crippen LogP contribution in [0.1, 0.15) is 29.6 Å². The lowest BCUT2D eigenvalue weighted by molar-refractivity contribution is -0.189. The highest BCUT2D eigenvalue weighted by atomic mass is 32.1. The number of aromatic nitrogens is 1. The average molecular weight is 348 g/mol. The van der Waals surface area contributed by atoms with Gasteiger partial charge in [-0.1, -0.05) is 0 Å². The summed E-state index contributed by atoms with van der Waals surface area (Å²) in [6, 6.07) is 4.96. The summed E-state index contributed by atoms with van der Waals surface area (Å²) < 4.78 is 12.4. The van der Waals surface area contributed by atoms with Gasteiger partial charge in [-0.25, -0.2) is 4.98 Å². The van der Waals surface area contributed by atoms with Gasteiger partial charge in [-0.3, -0.25) is 4.79 Å². The highest BCUT2D eigenvalue weighted by Gasteiger charge is 2.42. The molecular weight excluding hydrogens is 328 g/mol. The summed E-state index contributed by atoms with van der Waals surface area (Å²) in [6.07, 6.45) is 1.93. The van der Waals surface area contributed by atoms with Crippen LogP contribution in [0.25, 0.3) is 10.2 Å². The maximum absolute atomic E-state index is 12.8. The molecule has 0 saturated carbocycles. The SMILES string of the molecule is CC1(C2CCCN(C(=O)c3nc4ccc(O)cc4s3)C2)OCCO1. The number of benzene rings is 1. The quantitative estimate of drug-likeness (QED) is 0.903. The number of phenolic OH excluding ortho intramolecular Hbond substituents is 1. The molecule has 1 amide bonds. The Hall–Kier alpha value is -1.70. The van der Waals surface area contributed by atoms with Crippen LogP contribution in [0.5, 0.6) is 5.75 Å². The number of phenols is 1. The molecule has 4 rings (SSSR count). The van der Waals surface area contributed by atoms with Crippen LogP contribution in [-0.2, 0) is 9.47 Å². The molecule has 0 aliphatic carbocycles. The van der Waals surface area contributed by atoms with Crippen molar-refractivity contribution in [2.45, 2.75) is 25.6 Å². The number of aromatic hydroxyl groups is 1. The summed E-state index contributed by atoms with van der Waals surface area (Å²) in [4.78, 5) is 19.1. The van der Waals surface area contributed by atoms with E-state index in [1.54, 1.807) is 18.2 Å². The molecule has 1 aromatic carbocycles. The number of carbonyl (C=O) groups is 1. The summed E-state index contributed by atoms with van der Waals surface area (Å²) in [5.74, 6) is -0.275. The number of fused-ring (bicyclic) bond motifs is 1. The summed E-state index contributed by atoms with van der Waals surface area (Å²) in [7, 11) is 0. The van der Waals surface area contributed by atoms with E-state index < -0.39 is 5.79 Å². The second-order valence-corrected chi connectivity index (χ2v) is 7.50. The Labute approximate surface area is 144 Å². The van der Waals surface area contributed by atoms with E-state index in [2.05, 4.69) is 4.98 Å². The maximum atomic E-state index is 12.8. The zero-order valence-corrected chi connectivity index (χ0v) is 14.3. The van der Waals surface area contributed by atoms with Gasteiger partial charge in [-0.2, -0.15) is 0 Å². The van der Waals surface area contributed by atoms with E-state index in [0.29, 0.717) is 24.8 Å². The molecule has 1 N–H and O–H groups in total. The van der Waals surface area contributed by atoms with E-state index >= 15 is 0 Å². The summed E-state index contributed by atoms with van der Waals surface area (Å²) in [5.41, 5.74) is 0.740. The van der Waals surface area contributed by atoms with Gasteiger partial charge < -0.3 is 19.5 Å². The number of likely N-dealkylation sites (tertiary alicyclic amines) is 1. The van der Waals surface area contributed by atoms with Crippen molar-refractivity contribution in [2.24, 2.45) is 5.92 Å². The van der Waals surface area contributed by atoms with Crippen molar-refractivity contribution in [1.82, 2.24) is 9.88 Å². The Bertz CT molecular complexity index is 769. The first-order valence-corrected chi connectivity index (χ1v) is 9.03. The fraction of sp³-hybridized carbons (Fsp3) is 0.529. The number of piperidine rings is 1. The number of nitrogens with zero attached hydrogens (tertiary/aromatic N) is 2. The van der Waals surface area contributed by atoms with E-state index in [4.69, 9.17) is 9.47 Å². The molecule has 1 unspecified atom stereocenters. The standard InChI is InChI=1S/C17H20N2O4S/c1-17(22-7-8-23-17)11-3-2-6-19(10-11)16(21)15-18-13-5-4-12(20)9-14(13)24-15/h4-5,9,11,20H,2-3,6-8,10H2,1H3. The van der Waals surface area contributed by atoms with Crippen molar-refractivity contribution in [3.63, 3.8) is 0 Å². The lowest BCUT2D eigenvalue weighted by Crippen LogP contribution is -2.48. The van der Waals surface area contributed by atoms with Crippen molar-refractivity contribution >= 4 is 27.5 Å². The van der Waals surface area contributed by atoms with Crippen molar-refractivity contribution in [1.29, 1.82) is 0 Å². The van der Waals surface area contributed by atoms with Crippen molar-refractivity contribution in [2.75, 3.05) is 26.3 Å². The smallest absolute Gasteiger partial charge is 0.282 e. The Balaban J connectivity index is 1.54. The third-order valence-electron chi connectivity index (χ3n) is 4.87. The van der Waals surface area contributed by atoms with E-state index in [0.717, 1.165) is 29.6 Å². The summed E-state index contributed by atoms with van der Waals surface area (Å²) in [6.45, 7) is 4.55. The second-order valence-electron chi connectivity index (χ2n) is 6.47. The van der Waals surface area contributed by atoms with Gasteiger partial charge in [0.25, 0.3) is 5.91 Å². The van der Waals surface area contributed by atoms with Gasteiger partial charge in [0.2, 0.25) is 0 Å². The highest BCUT2D eigenvalue weighted by Crippen LogP contribution is 2.35. The number of amides is 1. The molecule has 7 heteroatoms. The molecule has 1 aromatic heterocycles. The predicted molar refractivity (Wildman–Crippen MR) is 90.2 cm³/mol. The number of carbonyl (C=O) groups excluding carboxylic acids is 1. The van der Waals surface area contributed by atoms with Crippen molar-refractivity contribution < 1.29 is 19.4 Å². The molecule has 0 spiro atoms. The number of rotatable bonds is 2. The highest BCUT2D eigenvalue weighted by molar-refractivity contribution is 7.20. The molecule has 2 aliphatic heterocycles. The Kier molecular flexibility index (Phi) is 3.94. The van der Waals surface area contributed by atoms with E-state index in [1.807, 2.05) is 11.8 Å². The molecule has 24 heavy (non-hydrogen) atoms. The molecular formula is C17H20N2O4S. The van der Waals surface area contributed by atoms with Crippen LogP contribution in [0.2, 0.25) is 0 Å². The molecule has 0 bridgehead atoms. The molecule has 0 radical (unpaired) electrons. The van der Waals surface area contributed by atoms with Gasteiger partial charge in [-0.15, -0.1) is 11.3 Å². The Morgan fingerprint density at radius 3 is 3.00 bits per heavy atom. The first-order chi connectivity index (χ1) is 11.5. The Morgan fingerprint density at radius 2 is 2.21 bits per heavy atom. The van der Waals surface area contributed by atoms with Crippen LogP contribution in [0, 0.1) is 5.92 Å². The van der Waals surface area contributed by atoms with E-state index in [1.165, 1.54) is 11.3 Å². The van der Waals surface area contributed by atoms with E-state index in [-0.39, 0.29) is 17.6 Å². The van der Waals surface area contributed by atoms with Crippen LogP contribution < -0.4 is 0 Å². The monoisotopic (exact) mass is 348 g/mol. The molecule has 2 aromatic rings. The normalized spacial score (nSPS) is 23.7. The minimum Gasteiger partial charge on any atom is -0.508 e. The van der Waals surface area contributed by atoms with Gasteiger partial charge in [-0.05, 0) is 38.0 Å². The van der Waals surface area contributed by atoms with Crippen LogP contribution in [0.4, 0.5) is 0 Å². The third-order valence-corrected chi connectivity index (χ3v) is 5.87. The molecule has 128 valence electrons. The zero-order chi connectivity index (χ0) is 16.7.